The van der Waals surface area contributed by atoms with Crippen molar-refractivity contribution in [1.29, 1.82) is 0 Å². The summed E-state index contributed by atoms with van der Waals surface area (Å²) in [7, 11) is 0. The van der Waals surface area contributed by atoms with Gasteiger partial charge in [0, 0.05) is 0 Å². The maximum Gasteiger partial charge on any atom is 0.315 e. The SMILES string of the molecule is CCCOC(=O)C(C)c1nonc1N. The lowest BCUT2D eigenvalue weighted by Crippen LogP contribution is -2.15. The Kier molecular flexibility index (Phi) is 3.44. The minimum absolute atomic E-state index is 0.131. The molecule has 1 unspecified atom stereocenters. The highest BCUT2D eigenvalue weighted by molar-refractivity contribution is 5.78. The molecule has 0 aliphatic heterocycles. The number of hydrogen-bond acceptors (Lipinski definition) is 6. The third-order valence-corrected chi connectivity index (χ3v) is 1.75. The summed E-state index contributed by atoms with van der Waals surface area (Å²) in [4.78, 5) is 11.4. The first kappa shape index (κ1) is 10.5. The van der Waals surface area contributed by atoms with Crippen LogP contribution in [0.3, 0.4) is 0 Å². The van der Waals surface area contributed by atoms with Gasteiger partial charge < -0.3 is 10.5 Å². The minimum atomic E-state index is -0.534. The maximum atomic E-state index is 11.4. The number of nitrogen functional groups attached to an aromatic ring is 1. The number of aromatic nitrogens is 2. The van der Waals surface area contributed by atoms with E-state index < -0.39 is 5.92 Å². The molecule has 1 atom stereocenters. The lowest BCUT2D eigenvalue weighted by molar-refractivity contribution is -0.145. The van der Waals surface area contributed by atoms with Crippen LogP contribution in [0.4, 0.5) is 5.82 Å². The van der Waals surface area contributed by atoms with Crippen LogP contribution in [0.2, 0.25) is 0 Å². The van der Waals surface area contributed by atoms with Crippen LogP contribution in [0.5, 0.6) is 0 Å². The molecule has 1 aromatic rings. The zero-order valence-electron chi connectivity index (χ0n) is 8.19. The van der Waals surface area contributed by atoms with E-state index in [4.69, 9.17) is 10.5 Å². The topological polar surface area (TPSA) is 91.2 Å². The Bertz CT molecular complexity index is 311. The fourth-order valence-electron chi connectivity index (χ4n) is 0.942. The van der Waals surface area contributed by atoms with Crippen molar-refractivity contribution in [2.75, 3.05) is 12.3 Å². The van der Waals surface area contributed by atoms with Gasteiger partial charge in [0.1, 0.15) is 11.6 Å². The van der Waals surface area contributed by atoms with Crippen molar-refractivity contribution in [2.24, 2.45) is 0 Å². The van der Waals surface area contributed by atoms with Crippen molar-refractivity contribution in [3.63, 3.8) is 0 Å². The summed E-state index contributed by atoms with van der Waals surface area (Å²) < 4.78 is 9.32. The van der Waals surface area contributed by atoms with E-state index in [9.17, 15) is 4.79 Å². The number of anilines is 1. The number of hydrogen-bond donors (Lipinski definition) is 1. The van der Waals surface area contributed by atoms with Gasteiger partial charge >= 0.3 is 5.97 Å². The Balaban J connectivity index is 2.61. The first-order valence-electron chi connectivity index (χ1n) is 4.41. The van der Waals surface area contributed by atoms with Gasteiger partial charge in [-0.25, -0.2) is 4.63 Å². The minimum Gasteiger partial charge on any atom is -0.465 e. The van der Waals surface area contributed by atoms with Gasteiger partial charge in [0.25, 0.3) is 0 Å². The molecular weight excluding hydrogens is 186 g/mol. The molecule has 0 aromatic carbocycles. The highest BCUT2D eigenvalue weighted by atomic mass is 16.6. The average Bonchev–Trinajstić information content (AvgIpc) is 2.59. The molecule has 0 saturated carbocycles. The summed E-state index contributed by atoms with van der Waals surface area (Å²) in [5.41, 5.74) is 5.76. The number of carbonyl (C=O) groups excluding carboxylic acids is 1. The van der Waals surface area contributed by atoms with Crippen LogP contribution in [0.1, 0.15) is 31.9 Å². The van der Waals surface area contributed by atoms with Crippen LogP contribution in [0.15, 0.2) is 4.63 Å². The van der Waals surface area contributed by atoms with Gasteiger partial charge in [0.05, 0.1) is 6.61 Å². The number of nitrogens with two attached hydrogens (primary N) is 1. The summed E-state index contributed by atoms with van der Waals surface area (Å²) in [6, 6.07) is 0. The highest BCUT2D eigenvalue weighted by Crippen LogP contribution is 2.18. The first-order chi connectivity index (χ1) is 6.66. The Morgan fingerprint density at radius 1 is 1.64 bits per heavy atom. The molecule has 6 heteroatoms. The predicted octanol–water partition coefficient (Wildman–Crippen LogP) is 0.709. The number of rotatable bonds is 4. The van der Waals surface area contributed by atoms with Gasteiger partial charge in [-0.2, -0.15) is 0 Å². The Labute approximate surface area is 81.4 Å². The van der Waals surface area contributed by atoms with Crippen LogP contribution >= 0.6 is 0 Å². The monoisotopic (exact) mass is 199 g/mol. The number of nitrogens with zero attached hydrogens (tertiary/aromatic N) is 2. The van der Waals surface area contributed by atoms with Crippen molar-refractivity contribution >= 4 is 11.8 Å². The largest absolute Gasteiger partial charge is 0.465 e. The van der Waals surface area contributed by atoms with Crippen molar-refractivity contribution in [2.45, 2.75) is 26.2 Å². The van der Waals surface area contributed by atoms with Crippen molar-refractivity contribution in [3.8, 4) is 0 Å². The molecule has 0 fully saturated rings. The summed E-state index contributed by atoms with van der Waals surface area (Å²) in [5, 5.41) is 6.92. The van der Waals surface area contributed by atoms with Crippen molar-refractivity contribution < 1.29 is 14.2 Å². The molecule has 0 amide bonds. The molecule has 0 aliphatic carbocycles. The zero-order valence-corrected chi connectivity index (χ0v) is 8.19. The molecule has 0 bridgehead atoms. The average molecular weight is 199 g/mol. The lowest BCUT2D eigenvalue weighted by Gasteiger charge is -2.07. The Hall–Kier alpha value is -1.59. The third-order valence-electron chi connectivity index (χ3n) is 1.75. The summed E-state index contributed by atoms with van der Waals surface area (Å²) in [5.74, 6) is -0.770. The molecular formula is C8H13N3O3. The standard InChI is InChI=1S/C8H13N3O3/c1-3-4-13-8(12)5(2)6-7(9)11-14-10-6/h5H,3-4H2,1-2H3,(H2,9,11). The van der Waals surface area contributed by atoms with E-state index in [-0.39, 0.29) is 11.8 Å². The molecule has 14 heavy (non-hydrogen) atoms. The second kappa shape index (κ2) is 4.59. The summed E-state index contributed by atoms with van der Waals surface area (Å²) in [6.07, 6.45) is 0.783. The number of carbonyl (C=O) groups is 1. The van der Waals surface area contributed by atoms with Gasteiger partial charge in [-0.1, -0.05) is 12.1 Å². The Morgan fingerprint density at radius 3 is 2.86 bits per heavy atom. The quantitative estimate of drug-likeness (QED) is 0.718. The second-order valence-electron chi connectivity index (χ2n) is 2.92. The van der Waals surface area contributed by atoms with Gasteiger partial charge in [-0.05, 0) is 18.5 Å². The van der Waals surface area contributed by atoms with Crippen LogP contribution in [-0.2, 0) is 9.53 Å². The van der Waals surface area contributed by atoms with Crippen molar-refractivity contribution in [1.82, 2.24) is 10.3 Å². The molecule has 0 saturated heterocycles. The summed E-state index contributed by atoms with van der Waals surface area (Å²) >= 11 is 0. The van der Waals surface area contributed by atoms with Crippen LogP contribution in [0.25, 0.3) is 0 Å². The molecule has 1 heterocycles. The smallest absolute Gasteiger partial charge is 0.315 e. The van der Waals surface area contributed by atoms with Crippen LogP contribution < -0.4 is 5.73 Å². The Morgan fingerprint density at radius 2 is 2.36 bits per heavy atom. The maximum absolute atomic E-state index is 11.4. The molecule has 6 nitrogen and oxygen atoms in total. The molecule has 78 valence electrons. The second-order valence-corrected chi connectivity index (χ2v) is 2.92. The van der Waals surface area contributed by atoms with E-state index in [1.165, 1.54) is 0 Å². The van der Waals surface area contributed by atoms with Gasteiger partial charge in [0.15, 0.2) is 5.82 Å². The normalized spacial score (nSPS) is 12.4. The highest BCUT2D eigenvalue weighted by Gasteiger charge is 2.23. The lowest BCUT2D eigenvalue weighted by atomic mass is 10.1. The molecule has 1 rings (SSSR count). The van der Waals surface area contributed by atoms with Gasteiger partial charge in [-0.3, -0.25) is 4.79 Å². The number of esters is 1. The molecule has 0 aliphatic rings. The van der Waals surface area contributed by atoms with Crippen LogP contribution in [0, 0.1) is 0 Å². The van der Waals surface area contributed by atoms with E-state index in [0.29, 0.717) is 12.3 Å². The van der Waals surface area contributed by atoms with E-state index in [1.807, 2.05) is 6.92 Å². The van der Waals surface area contributed by atoms with Crippen LogP contribution in [-0.4, -0.2) is 22.9 Å². The predicted molar refractivity (Wildman–Crippen MR) is 48.4 cm³/mol. The van der Waals surface area contributed by atoms with E-state index in [1.54, 1.807) is 6.92 Å². The van der Waals surface area contributed by atoms with Gasteiger partial charge in [-0.15, -0.1) is 0 Å². The van der Waals surface area contributed by atoms with E-state index in [2.05, 4.69) is 14.9 Å². The fourth-order valence-corrected chi connectivity index (χ4v) is 0.942. The van der Waals surface area contributed by atoms with E-state index in [0.717, 1.165) is 6.42 Å². The zero-order chi connectivity index (χ0) is 10.6. The molecule has 1 aromatic heterocycles. The van der Waals surface area contributed by atoms with Gasteiger partial charge in [0.2, 0.25) is 0 Å². The van der Waals surface area contributed by atoms with Crippen molar-refractivity contribution in [3.05, 3.63) is 5.69 Å². The number of ether oxygens (including phenoxy) is 1. The molecule has 2 N–H and O–H groups in total. The molecule has 0 radical (unpaired) electrons. The fraction of sp³-hybridized carbons (Fsp3) is 0.625. The first-order valence-corrected chi connectivity index (χ1v) is 4.41. The third kappa shape index (κ3) is 2.21. The molecule has 0 spiro atoms. The van der Waals surface area contributed by atoms with E-state index >= 15 is 0 Å². The summed E-state index contributed by atoms with van der Waals surface area (Å²) in [6.45, 7) is 3.96.